The van der Waals surface area contributed by atoms with E-state index in [1.54, 1.807) is 6.92 Å². The Bertz CT molecular complexity index is 392. The molecule has 2 atom stereocenters. The van der Waals surface area contributed by atoms with E-state index >= 15 is 0 Å². The lowest BCUT2D eigenvalue weighted by Crippen LogP contribution is -2.55. The molecular weight excluding hydrogens is 280 g/mol. The minimum Gasteiger partial charge on any atom is -0.415 e. The smallest absolute Gasteiger partial charge is 0.219 e. The summed E-state index contributed by atoms with van der Waals surface area (Å²) in [5, 5.41) is 0.276. The zero-order chi connectivity index (χ0) is 15.8. The van der Waals surface area contributed by atoms with E-state index in [2.05, 4.69) is 38.8 Å². The number of amides is 1. The number of hydrogen-bond acceptors (Lipinski definition) is 3. The molecule has 0 aromatic rings. The highest BCUT2D eigenvalue weighted by Gasteiger charge is 2.41. The number of nitrogens with zero attached hydrogens (tertiary/aromatic N) is 2. The molecule has 4 nitrogen and oxygen atoms in total. The summed E-state index contributed by atoms with van der Waals surface area (Å²) in [5.74, 6) is 0.218. The Morgan fingerprint density at radius 3 is 2.48 bits per heavy atom. The molecule has 0 radical (unpaired) electrons. The maximum Gasteiger partial charge on any atom is 0.219 e. The second kappa shape index (κ2) is 6.01. The Morgan fingerprint density at radius 1 is 1.24 bits per heavy atom. The Labute approximate surface area is 131 Å². The van der Waals surface area contributed by atoms with Crippen LogP contribution in [-0.2, 0) is 9.22 Å². The normalized spacial score (nSPS) is 27.8. The molecule has 1 amide bonds. The van der Waals surface area contributed by atoms with Gasteiger partial charge in [-0.15, -0.1) is 0 Å². The molecule has 0 aromatic heterocycles. The van der Waals surface area contributed by atoms with Gasteiger partial charge in [0, 0.05) is 45.2 Å². The molecule has 122 valence electrons. The lowest BCUT2D eigenvalue weighted by atomic mass is 10.1. The van der Waals surface area contributed by atoms with Crippen molar-refractivity contribution in [2.24, 2.45) is 0 Å². The van der Waals surface area contributed by atoms with Gasteiger partial charge < -0.3 is 9.33 Å². The van der Waals surface area contributed by atoms with Gasteiger partial charge in [0.25, 0.3) is 0 Å². The molecule has 21 heavy (non-hydrogen) atoms. The fraction of sp³-hybridized carbons (Fsp3) is 0.938. The topological polar surface area (TPSA) is 32.8 Å². The third-order valence-electron chi connectivity index (χ3n) is 5.72. The number of rotatable bonds is 3. The van der Waals surface area contributed by atoms with Gasteiger partial charge in [0.1, 0.15) is 0 Å². The van der Waals surface area contributed by atoms with Gasteiger partial charge in [-0.25, -0.2) is 0 Å². The summed E-state index contributed by atoms with van der Waals surface area (Å²) in [6.45, 7) is 16.9. The van der Waals surface area contributed by atoms with E-state index in [0.29, 0.717) is 12.1 Å². The minimum absolute atomic E-state index is 0.218. The first-order valence-electron chi connectivity index (χ1n) is 8.27. The fourth-order valence-corrected chi connectivity index (χ4v) is 4.19. The third-order valence-corrected chi connectivity index (χ3v) is 10.2. The van der Waals surface area contributed by atoms with Crippen LogP contribution in [0.3, 0.4) is 0 Å². The molecule has 0 spiro atoms. The zero-order valence-electron chi connectivity index (χ0n) is 14.6. The van der Waals surface area contributed by atoms with E-state index < -0.39 is 8.32 Å². The van der Waals surface area contributed by atoms with Crippen LogP contribution >= 0.6 is 0 Å². The lowest BCUT2D eigenvalue weighted by Gasteiger charge is -2.41. The molecule has 0 bridgehead atoms. The van der Waals surface area contributed by atoms with Crippen molar-refractivity contribution in [3.63, 3.8) is 0 Å². The summed E-state index contributed by atoms with van der Waals surface area (Å²) >= 11 is 0. The van der Waals surface area contributed by atoms with Gasteiger partial charge in [0.2, 0.25) is 5.91 Å². The van der Waals surface area contributed by atoms with E-state index in [4.69, 9.17) is 4.43 Å². The average molecular weight is 313 g/mol. The van der Waals surface area contributed by atoms with Crippen molar-refractivity contribution in [3.05, 3.63) is 0 Å². The summed E-state index contributed by atoms with van der Waals surface area (Å²) in [4.78, 5) is 16.1. The summed E-state index contributed by atoms with van der Waals surface area (Å²) in [5.41, 5.74) is 0. The monoisotopic (exact) mass is 312 g/mol. The standard InChI is InChI=1S/C16H32N2O2Si/c1-13(19)17-9-10-18-14(11-17)7-8-15(18)12-20-21(5,6)16(2,3)4/h14-15H,7-12H2,1-6H3/t14-,15-/m1/s1. The van der Waals surface area contributed by atoms with Crippen LogP contribution in [0.4, 0.5) is 0 Å². The Balaban J connectivity index is 1.89. The van der Waals surface area contributed by atoms with Crippen molar-refractivity contribution in [1.82, 2.24) is 9.80 Å². The lowest BCUT2D eigenvalue weighted by molar-refractivity contribution is -0.131. The van der Waals surface area contributed by atoms with Crippen LogP contribution < -0.4 is 0 Å². The molecule has 2 aliphatic rings. The van der Waals surface area contributed by atoms with Crippen molar-refractivity contribution >= 4 is 14.2 Å². The van der Waals surface area contributed by atoms with E-state index in [1.165, 1.54) is 12.8 Å². The van der Waals surface area contributed by atoms with Crippen LogP contribution in [0.15, 0.2) is 0 Å². The minimum atomic E-state index is -1.65. The first-order valence-corrected chi connectivity index (χ1v) is 11.2. The highest BCUT2D eigenvalue weighted by atomic mass is 28.4. The van der Waals surface area contributed by atoms with Crippen LogP contribution in [0.5, 0.6) is 0 Å². The Kier molecular flexibility index (Phi) is 4.86. The number of piperazine rings is 1. The second-order valence-electron chi connectivity index (χ2n) is 8.16. The molecule has 2 rings (SSSR count). The number of carbonyl (C=O) groups excluding carboxylic acids is 1. The van der Waals surface area contributed by atoms with Gasteiger partial charge in [-0.3, -0.25) is 9.69 Å². The van der Waals surface area contributed by atoms with Crippen molar-refractivity contribution in [2.75, 3.05) is 26.2 Å². The first kappa shape index (κ1) is 17.0. The van der Waals surface area contributed by atoms with Crippen LogP contribution in [0.2, 0.25) is 18.1 Å². The van der Waals surface area contributed by atoms with Gasteiger partial charge in [-0.2, -0.15) is 0 Å². The van der Waals surface area contributed by atoms with E-state index in [1.807, 2.05) is 4.90 Å². The van der Waals surface area contributed by atoms with Crippen molar-refractivity contribution < 1.29 is 9.22 Å². The maximum absolute atomic E-state index is 11.5. The number of fused-ring (bicyclic) bond motifs is 1. The Hall–Kier alpha value is -0.393. The second-order valence-corrected chi connectivity index (χ2v) is 13.0. The van der Waals surface area contributed by atoms with Crippen LogP contribution in [0.1, 0.15) is 40.5 Å². The van der Waals surface area contributed by atoms with E-state index in [9.17, 15) is 4.79 Å². The molecule has 2 fully saturated rings. The van der Waals surface area contributed by atoms with Crippen molar-refractivity contribution in [3.8, 4) is 0 Å². The van der Waals surface area contributed by atoms with Crippen LogP contribution in [0, 0.1) is 0 Å². The van der Waals surface area contributed by atoms with E-state index in [0.717, 1.165) is 26.2 Å². The molecule has 0 aliphatic carbocycles. The van der Waals surface area contributed by atoms with E-state index in [-0.39, 0.29) is 10.9 Å². The SMILES string of the molecule is CC(=O)N1CCN2[C@@H](CO[Si](C)(C)C(C)(C)C)CC[C@@H]2C1. The molecule has 5 heteroatoms. The highest BCUT2D eigenvalue weighted by molar-refractivity contribution is 6.74. The molecule has 0 aromatic carbocycles. The summed E-state index contributed by atoms with van der Waals surface area (Å²) < 4.78 is 6.42. The van der Waals surface area contributed by atoms with Crippen molar-refractivity contribution in [1.29, 1.82) is 0 Å². The average Bonchev–Trinajstić information content (AvgIpc) is 2.77. The molecule has 2 saturated heterocycles. The summed E-state index contributed by atoms with van der Waals surface area (Å²) in [7, 11) is -1.65. The highest BCUT2D eigenvalue weighted by Crippen LogP contribution is 2.37. The summed E-state index contributed by atoms with van der Waals surface area (Å²) in [6.07, 6.45) is 2.42. The van der Waals surface area contributed by atoms with Gasteiger partial charge in [-0.05, 0) is 31.0 Å². The van der Waals surface area contributed by atoms with Gasteiger partial charge >= 0.3 is 0 Å². The first-order chi connectivity index (χ1) is 9.62. The summed E-state index contributed by atoms with van der Waals surface area (Å²) in [6, 6.07) is 1.11. The van der Waals surface area contributed by atoms with Gasteiger partial charge in [0.05, 0.1) is 0 Å². The third kappa shape index (κ3) is 3.69. The molecule has 2 heterocycles. The van der Waals surface area contributed by atoms with Gasteiger partial charge in [0.15, 0.2) is 8.32 Å². The fourth-order valence-electron chi connectivity index (χ4n) is 3.14. The predicted octanol–water partition coefficient (Wildman–Crippen LogP) is 2.70. The molecule has 0 unspecified atom stereocenters. The molecule has 0 saturated carbocycles. The van der Waals surface area contributed by atoms with Crippen LogP contribution in [0.25, 0.3) is 0 Å². The molecular formula is C16H32N2O2Si. The number of carbonyl (C=O) groups is 1. The van der Waals surface area contributed by atoms with Crippen molar-refractivity contribution in [2.45, 2.75) is 70.8 Å². The van der Waals surface area contributed by atoms with Gasteiger partial charge in [-0.1, -0.05) is 20.8 Å². The predicted molar refractivity (Wildman–Crippen MR) is 88.9 cm³/mol. The number of hydrogen-bond donors (Lipinski definition) is 0. The zero-order valence-corrected chi connectivity index (χ0v) is 15.6. The Morgan fingerprint density at radius 2 is 1.90 bits per heavy atom. The maximum atomic E-state index is 11.5. The quantitative estimate of drug-likeness (QED) is 0.751. The van der Waals surface area contributed by atoms with Crippen LogP contribution in [-0.4, -0.2) is 62.3 Å². The molecule has 0 N–H and O–H groups in total. The molecule has 2 aliphatic heterocycles. The largest absolute Gasteiger partial charge is 0.415 e.